The minimum Gasteiger partial charge on any atom is -0.309 e. The summed E-state index contributed by atoms with van der Waals surface area (Å²) in [5, 5.41) is 11.7. The number of hydrogen-bond acceptors (Lipinski definition) is 2. The Morgan fingerprint density at radius 2 is 1.00 bits per heavy atom. The molecule has 0 spiro atoms. The molecule has 39 heavy (non-hydrogen) atoms. The second-order valence-corrected chi connectivity index (χ2v) is 9.65. The fraction of sp³-hybridized carbons (Fsp3) is 0. The van der Waals surface area contributed by atoms with Crippen LogP contribution < -0.4 is 0 Å². The molecule has 0 aliphatic heterocycles. The lowest BCUT2D eigenvalue weighted by atomic mass is 9.99. The van der Waals surface area contributed by atoms with Gasteiger partial charge in [-0.1, -0.05) is 97.1 Å². The van der Waals surface area contributed by atoms with Crippen molar-refractivity contribution in [3.05, 3.63) is 145 Å². The van der Waals surface area contributed by atoms with E-state index in [1.807, 2.05) is 6.07 Å². The van der Waals surface area contributed by atoms with Crippen molar-refractivity contribution in [1.82, 2.24) is 9.55 Å². The van der Waals surface area contributed by atoms with Crippen molar-refractivity contribution >= 4 is 21.8 Å². The van der Waals surface area contributed by atoms with E-state index in [0.29, 0.717) is 5.56 Å². The maximum absolute atomic E-state index is 9.23. The highest BCUT2D eigenvalue weighted by atomic mass is 15.0. The molecule has 5 aromatic carbocycles. The summed E-state index contributed by atoms with van der Waals surface area (Å²) in [5.74, 6) is 0. The Balaban J connectivity index is 1.38. The maximum Gasteiger partial charge on any atom is 0.101 e. The zero-order valence-corrected chi connectivity index (χ0v) is 21.1. The Morgan fingerprint density at radius 3 is 1.59 bits per heavy atom. The molecule has 0 saturated heterocycles. The van der Waals surface area contributed by atoms with E-state index in [-0.39, 0.29) is 0 Å². The second kappa shape index (κ2) is 9.45. The second-order valence-electron chi connectivity index (χ2n) is 9.65. The number of pyridine rings is 1. The van der Waals surface area contributed by atoms with Crippen LogP contribution in [0.2, 0.25) is 0 Å². The number of nitrogens with zero attached hydrogens (tertiary/aromatic N) is 3. The molecule has 2 heterocycles. The predicted octanol–water partition coefficient (Wildman–Crippen LogP) is 9.05. The molecule has 0 fully saturated rings. The lowest BCUT2D eigenvalue weighted by molar-refractivity contribution is 1.18. The van der Waals surface area contributed by atoms with Crippen molar-refractivity contribution in [2.24, 2.45) is 0 Å². The van der Waals surface area contributed by atoms with Crippen LogP contribution in [0.15, 0.2) is 140 Å². The minimum absolute atomic E-state index is 0.561. The highest BCUT2D eigenvalue weighted by Crippen LogP contribution is 2.37. The third-order valence-electron chi connectivity index (χ3n) is 7.31. The molecule has 0 bridgehead atoms. The van der Waals surface area contributed by atoms with Gasteiger partial charge in [-0.05, 0) is 58.1 Å². The summed E-state index contributed by atoms with van der Waals surface area (Å²) in [6.07, 6.45) is 3.38. The molecule has 7 aromatic rings. The fourth-order valence-corrected chi connectivity index (χ4v) is 5.38. The van der Waals surface area contributed by atoms with E-state index < -0.39 is 0 Å². The zero-order valence-electron chi connectivity index (χ0n) is 21.1. The number of aromatic nitrogens is 2. The number of fused-ring (bicyclic) bond motifs is 3. The Morgan fingerprint density at radius 1 is 0.487 bits per heavy atom. The van der Waals surface area contributed by atoms with Gasteiger partial charge in [0.2, 0.25) is 0 Å². The molecule has 0 unspecified atom stereocenters. The molecule has 3 nitrogen and oxygen atoms in total. The first-order valence-electron chi connectivity index (χ1n) is 12.9. The highest BCUT2D eigenvalue weighted by molar-refractivity contribution is 6.11. The first-order chi connectivity index (χ1) is 19.3. The van der Waals surface area contributed by atoms with E-state index >= 15 is 0 Å². The van der Waals surface area contributed by atoms with Crippen molar-refractivity contribution in [1.29, 1.82) is 5.26 Å². The first kappa shape index (κ1) is 22.7. The highest BCUT2D eigenvalue weighted by Gasteiger charge is 2.14. The lowest BCUT2D eigenvalue weighted by Crippen LogP contribution is -1.93. The van der Waals surface area contributed by atoms with Gasteiger partial charge in [0.25, 0.3) is 0 Å². The molecular weight excluding hydrogens is 474 g/mol. The van der Waals surface area contributed by atoms with E-state index in [2.05, 4.69) is 137 Å². The smallest absolute Gasteiger partial charge is 0.101 e. The van der Waals surface area contributed by atoms with Crippen LogP contribution in [0.5, 0.6) is 0 Å². The van der Waals surface area contributed by atoms with Crippen molar-refractivity contribution in [3.8, 4) is 45.1 Å². The summed E-state index contributed by atoms with van der Waals surface area (Å²) in [6, 6.07) is 47.1. The van der Waals surface area contributed by atoms with Gasteiger partial charge in [-0.25, -0.2) is 0 Å². The summed E-state index contributed by atoms with van der Waals surface area (Å²) in [4.78, 5) is 4.21. The molecular formula is C36H23N3. The average molecular weight is 498 g/mol. The third kappa shape index (κ3) is 4.05. The Kier molecular flexibility index (Phi) is 5.50. The molecule has 0 aliphatic rings. The van der Waals surface area contributed by atoms with Gasteiger partial charge in [0.1, 0.15) is 6.07 Å². The number of para-hydroxylation sites is 1. The Bertz CT molecular complexity index is 2000. The molecule has 0 aliphatic carbocycles. The largest absolute Gasteiger partial charge is 0.309 e. The van der Waals surface area contributed by atoms with Gasteiger partial charge in [-0.15, -0.1) is 0 Å². The maximum atomic E-state index is 9.23. The SMILES string of the molecule is N#Cc1cncc(-c2ccc(-c3ccc4c5ccc(-c6ccccc6)cc5n(-c5ccccc5)c4c3)cc2)c1. The van der Waals surface area contributed by atoms with Crippen molar-refractivity contribution < 1.29 is 0 Å². The standard InChI is InChI=1S/C36H23N3/c37-22-25-19-31(24-38-23-25)28-13-11-27(12-14-28)30-16-18-34-33-17-15-29(26-7-3-1-4-8-26)20-35(33)39(36(34)21-30)32-9-5-2-6-10-32/h1-21,23-24H. The van der Waals surface area contributed by atoms with E-state index in [9.17, 15) is 5.26 Å². The van der Waals surface area contributed by atoms with Crippen molar-refractivity contribution in [3.63, 3.8) is 0 Å². The molecule has 7 rings (SSSR count). The van der Waals surface area contributed by atoms with Gasteiger partial charge in [0.05, 0.1) is 16.6 Å². The molecule has 0 radical (unpaired) electrons. The van der Waals surface area contributed by atoms with Crippen LogP contribution in [0.4, 0.5) is 0 Å². The Hall–Kier alpha value is -5.46. The predicted molar refractivity (Wildman–Crippen MR) is 160 cm³/mol. The van der Waals surface area contributed by atoms with Gasteiger partial charge in [0.15, 0.2) is 0 Å². The van der Waals surface area contributed by atoms with E-state index in [1.54, 1.807) is 12.4 Å². The van der Waals surface area contributed by atoms with Gasteiger partial charge in [0, 0.05) is 34.4 Å². The van der Waals surface area contributed by atoms with Crippen LogP contribution in [0.1, 0.15) is 5.56 Å². The van der Waals surface area contributed by atoms with Crippen LogP contribution in [0.3, 0.4) is 0 Å². The van der Waals surface area contributed by atoms with Crippen LogP contribution in [-0.2, 0) is 0 Å². The van der Waals surface area contributed by atoms with Crippen LogP contribution >= 0.6 is 0 Å². The van der Waals surface area contributed by atoms with Crippen LogP contribution in [0.25, 0.3) is 60.9 Å². The summed E-state index contributed by atoms with van der Waals surface area (Å²) in [7, 11) is 0. The molecule has 0 saturated carbocycles. The number of hydrogen-bond donors (Lipinski definition) is 0. The molecule has 182 valence electrons. The van der Waals surface area contributed by atoms with Gasteiger partial charge in [-0.3, -0.25) is 4.98 Å². The average Bonchev–Trinajstić information content (AvgIpc) is 3.35. The lowest BCUT2D eigenvalue weighted by Gasteiger charge is -2.10. The van der Waals surface area contributed by atoms with E-state index in [0.717, 1.165) is 27.9 Å². The third-order valence-corrected chi connectivity index (χ3v) is 7.31. The minimum atomic E-state index is 0.561. The summed E-state index contributed by atoms with van der Waals surface area (Å²) < 4.78 is 2.37. The van der Waals surface area contributed by atoms with E-state index in [1.165, 1.54) is 32.9 Å². The van der Waals surface area contributed by atoms with Crippen molar-refractivity contribution in [2.45, 2.75) is 0 Å². The van der Waals surface area contributed by atoms with Gasteiger partial charge >= 0.3 is 0 Å². The summed E-state index contributed by atoms with van der Waals surface area (Å²) >= 11 is 0. The van der Waals surface area contributed by atoms with Crippen molar-refractivity contribution in [2.75, 3.05) is 0 Å². The zero-order chi connectivity index (χ0) is 26.2. The molecule has 0 N–H and O–H groups in total. The number of rotatable bonds is 4. The van der Waals surface area contributed by atoms with Gasteiger partial charge in [-0.2, -0.15) is 5.26 Å². The molecule has 0 atom stereocenters. The molecule has 0 amide bonds. The topological polar surface area (TPSA) is 41.6 Å². The molecule has 2 aromatic heterocycles. The monoisotopic (exact) mass is 497 g/mol. The normalized spacial score (nSPS) is 11.1. The quantitative estimate of drug-likeness (QED) is 0.243. The summed E-state index contributed by atoms with van der Waals surface area (Å²) in [6.45, 7) is 0. The van der Waals surface area contributed by atoms with E-state index in [4.69, 9.17) is 0 Å². The number of nitriles is 1. The van der Waals surface area contributed by atoms with Crippen LogP contribution in [-0.4, -0.2) is 9.55 Å². The van der Waals surface area contributed by atoms with Gasteiger partial charge < -0.3 is 4.57 Å². The fourth-order valence-electron chi connectivity index (χ4n) is 5.38. The molecule has 3 heteroatoms. The summed E-state index contributed by atoms with van der Waals surface area (Å²) in [5.41, 5.74) is 10.7. The first-order valence-corrected chi connectivity index (χ1v) is 12.9. The number of benzene rings is 5. The van der Waals surface area contributed by atoms with Crippen LogP contribution in [0, 0.1) is 11.3 Å². The Labute approximate surface area is 226 Å².